The summed E-state index contributed by atoms with van der Waals surface area (Å²) in [5, 5.41) is 0. The van der Waals surface area contributed by atoms with Crippen LogP contribution in [0.1, 0.15) is 54.4 Å². The zero-order valence-corrected chi connectivity index (χ0v) is 10.1. The first-order valence-electron chi connectivity index (χ1n) is 5.61. The molecule has 1 aliphatic heterocycles. The van der Waals surface area contributed by atoms with Crippen LogP contribution in [0.5, 0.6) is 0 Å². The third-order valence-electron chi connectivity index (χ3n) is 3.21. The van der Waals surface area contributed by atoms with Gasteiger partial charge < -0.3 is 0 Å². The lowest BCUT2D eigenvalue weighted by Crippen LogP contribution is -2.55. The smallest absolute Gasteiger partial charge is 0.0130 e. The SMILES string of the molecule is CC1C[C@@H](C)N(C(C)(C)C)[C@@H](C)C1. The maximum absolute atomic E-state index is 2.67. The van der Waals surface area contributed by atoms with Crippen molar-refractivity contribution in [1.82, 2.24) is 4.90 Å². The van der Waals surface area contributed by atoms with Crippen molar-refractivity contribution in [3.05, 3.63) is 0 Å². The highest BCUT2D eigenvalue weighted by molar-refractivity contribution is 4.90. The van der Waals surface area contributed by atoms with Crippen molar-refractivity contribution in [1.29, 1.82) is 0 Å². The molecule has 1 saturated heterocycles. The van der Waals surface area contributed by atoms with Gasteiger partial charge in [-0.25, -0.2) is 0 Å². The Morgan fingerprint density at radius 2 is 1.31 bits per heavy atom. The Labute approximate surface area is 83.5 Å². The number of hydrogen-bond acceptors (Lipinski definition) is 1. The number of piperidine rings is 1. The van der Waals surface area contributed by atoms with Crippen molar-refractivity contribution in [2.75, 3.05) is 0 Å². The average Bonchev–Trinajstić information content (AvgIpc) is 1.78. The maximum Gasteiger partial charge on any atom is 0.0130 e. The number of nitrogens with zero attached hydrogens (tertiary/aromatic N) is 1. The molecule has 1 aliphatic rings. The van der Waals surface area contributed by atoms with Crippen LogP contribution in [0.3, 0.4) is 0 Å². The van der Waals surface area contributed by atoms with E-state index in [-0.39, 0.29) is 0 Å². The highest BCUT2D eigenvalue weighted by atomic mass is 15.2. The quantitative estimate of drug-likeness (QED) is 0.557. The van der Waals surface area contributed by atoms with Gasteiger partial charge in [0.05, 0.1) is 0 Å². The van der Waals surface area contributed by atoms with Crippen LogP contribution in [0.4, 0.5) is 0 Å². The lowest BCUT2D eigenvalue weighted by molar-refractivity contribution is -0.00131. The predicted molar refractivity (Wildman–Crippen MR) is 58.9 cm³/mol. The van der Waals surface area contributed by atoms with Crippen LogP contribution in [0.25, 0.3) is 0 Å². The van der Waals surface area contributed by atoms with Crippen molar-refractivity contribution in [2.45, 2.75) is 72.0 Å². The molecule has 1 nitrogen and oxygen atoms in total. The second-order valence-electron chi connectivity index (χ2n) is 5.85. The van der Waals surface area contributed by atoms with Crippen molar-refractivity contribution in [3.63, 3.8) is 0 Å². The molecule has 0 N–H and O–H groups in total. The summed E-state index contributed by atoms with van der Waals surface area (Å²) in [5.41, 5.74) is 0.332. The minimum atomic E-state index is 0.332. The molecule has 0 radical (unpaired) electrons. The highest BCUT2D eigenvalue weighted by Crippen LogP contribution is 2.32. The first-order valence-corrected chi connectivity index (χ1v) is 5.61. The van der Waals surface area contributed by atoms with Crippen molar-refractivity contribution >= 4 is 0 Å². The third kappa shape index (κ3) is 2.46. The fourth-order valence-electron chi connectivity index (χ4n) is 3.24. The zero-order chi connectivity index (χ0) is 10.2. The fraction of sp³-hybridized carbons (Fsp3) is 1.00. The normalized spacial score (nSPS) is 37.8. The Morgan fingerprint density at radius 1 is 0.923 bits per heavy atom. The Balaban J connectivity index is 2.73. The van der Waals surface area contributed by atoms with E-state index in [0.29, 0.717) is 5.54 Å². The molecular weight excluding hydrogens is 158 g/mol. The highest BCUT2D eigenvalue weighted by Gasteiger charge is 2.35. The molecule has 78 valence electrons. The Kier molecular flexibility index (Phi) is 3.06. The van der Waals surface area contributed by atoms with Crippen LogP contribution < -0.4 is 0 Å². The number of rotatable bonds is 0. The second-order valence-corrected chi connectivity index (χ2v) is 5.85. The van der Waals surface area contributed by atoms with Gasteiger partial charge in [0.2, 0.25) is 0 Å². The molecule has 13 heavy (non-hydrogen) atoms. The van der Waals surface area contributed by atoms with Gasteiger partial charge in [-0.3, -0.25) is 4.90 Å². The molecule has 1 heteroatoms. The van der Waals surface area contributed by atoms with E-state index in [4.69, 9.17) is 0 Å². The van der Waals surface area contributed by atoms with E-state index < -0.39 is 0 Å². The lowest BCUT2D eigenvalue weighted by atomic mass is 9.85. The summed E-state index contributed by atoms with van der Waals surface area (Å²) in [6.07, 6.45) is 2.73. The molecule has 0 saturated carbocycles. The zero-order valence-electron chi connectivity index (χ0n) is 10.1. The minimum Gasteiger partial charge on any atom is -0.293 e. The van der Waals surface area contributed by atoms with Gasteiger partial charge in [0.1, 0.15) is 0 Å². The van der Waals surface area contributed by atoms with E-state index in [1.165, 1.54) is 12.8 Å². The summed E-state index contributed by atoms with van der Waals surface area (Å²) in [4.78, 5) is 2.67. The van der Waals surface area contributed by atoms with Crippen LogP contribution in [-0.2, 0) is 0 Å². The van der Waals surface area contributed by atoms with E-state index in [1.54, 1.807) is 0 Å². The predicted octanol–water partition coefficient (Wildman–Crippen LogP) is 3.29. The van der Waals surface area contributed by atoms with Crippen LogP contribution >= 0.6 is 0 Å². The van der Waals surface area contributed by atoms with E-state index in [2.05, 4.69) is 46.4 Å². The molecule has 1 rings (SSSR count). The monoisotopic (exact) mass is 183 g/mol. The fourth-order valence-corrected chi connectivity index (χ4v) is 3.24. The van der Waals surface area contributed by atoms with Gasteiger partial charge in [0.25, 0.3) is 0 Å². The maximum atomic E-state index is 2.67. The average molecular weight is 183 g/mol. The molecule has 1 unspecified atom stereocenters. The van der Waals surface area contributed by atoms with Crippen LogP contribution in [0.15, 0.2) is 0 Å². The molecular formula is C12H25N. The first kappa shape index (κ1) is 11.0. The molecule has 0 spiro atoms. The van der Waals surface area contributed by atoms with Gasteiger partial charge in [-0.05, 0) is 53.4 Å². The molecule has 1 fully saturated rings. The van der Waals surface area contributed by atoms with Crippen molar-refractivity contribution in [3.8, 4) is 0 Å². The number of hydrogen-bond donors (Lipinski definition) is 0. The minimum absolute atomic E-state index is 0.332. The number of likely N-dealkylation sites (tertiary alicyclic amines) is 1. The van der Waals surface area contributed by atoms with Gasteiger partial charge in [0, 0.05) is 17.6 Å². The summed E-state index contributed by atoms with van der Waals surface area (Å²) < 4.78 is 0. The van der Waals surface area contributed by atoms with Gasteiger partial charge in [0.15, 0.2) is 0 Å². The van der Waals surface area contributed by atoms with Gasteiger partial charge >= 0.3 is 0 Å². The van der Waals surface area contributed by atoms with E-state index in [1.807, 2.05) is 0 Å². The van der Waals surface area contributed by atoms with E-state index in [0.717, 1.165) is 18.0 Å². The Morgan fingerprint density at radius 3 is 1.62 bits per heavy atom. The van der Waals surface area contributed by atoms with Crippen molar-refractivity contribution < 1.29 is 0 Å². The molecule has 0 aromatic rings. The van der Waals surface area contributed by atoms with E-state index in [9.17, 15) is 0 Å². The van der Waals surface area contributed by atoms with Gasteiger partial charge in [-0.15, -0.1) is 0 Å². The largest absolute Gasteiger partial charge is 0.293 e. The van der Waals surface area contributed by atoms with Crippen molar-refractivity contribution in [2.24, 2.45) is 5.92 Å². The second kappa shape index (κ2) is 3.61. The van der Waals surface area contributed by atoms with Crippen LogP contribution in [0, 0.1) is 5.92 Å². The van der Waals surface area contributed by atoms with Crippen LogP contribution in [0.2, 0.25) is 0 Å². The Bertz CT molecular complexity index is 156. The van der Waals surface area contributed by atoms with E-state index >= 15 is 0 Å². The molecule has 0 aromatic heterocycles. The first-order chi connectivity index (χ1) is 5.82. The molecule has 1 heterocycles. The Hall–Kier alpha value is -0.0400. The van der Waals surface area contributed by atoms with Crippen LogP contribution in [-0.4, -0.2) is 22.5 Å². The molecule has 0 amide bonds. The summed E-state index contributed by atoms with van der Waals surface area (Å²) in [6, 6.07) is 1.50. The summed E-state index contributed by atoms with van der Waals surface area (Å²) in [6.45, 7) is 14.1. The summed E-state index contributed by atoms with van der Waals surface area (Å²) in [7, 11) is 0. The van der Waals surface area contributed by atoms with Gasteiger partial charge in [-0.1, -0.05) is 6.92 Å². The molecule has 3 atom stereocenters. The molecule has 0 aliphatic carbocycles. The summed E-state index contributed by atoms with van der Waals surface area (Å²) in [5.74, 6) is 0.906. The lowest BCUT2D eigenvalue weighted by Gasteiger charge is -2.49. The third-order valence-corrected chi connectivity index (χ3v) is 3.21. The van der Waals surface area contributed by atoms with Gasteiger partial charge in [-0.2, -0.15) is 0 Å². The molecule has 0 aromatic carbocycles. The standard InChI is InChI=1S/C12H25N/c1-9-7-10(2)13(11(3)8-9)12(4,5)6/h9-11H,7-8H2,1-6H3/t9?,10-,11+. The molecule has 0 bridgehead atoms. The topological polar surface area (TPSA) is 3.24 Å². The summed E-state index contributed by atoms with van der Waals surface area (Å²) >= 11 is 0.